The SMILES string of the molecule is O=C(NN1C(=O)/C(=C/c2ccc(OCc3ccccc3)cc2)SC1=S)c1ccccc1. The van der Waals surface area contributed by atoms with E-state index in [9.17, 15) is 9.59 Å². The molecule has 0 spiro atoms. The molecule has 1 aliphatic rings. The number of hydrogen-bond acceptors (Lipinski definition) is 5. The number of nitrogens with one attached hydrogen (secondary N) is 1. The predicted octanol–water partition coefficient (Wildman–Crippen LogP) is 4.81. The van der Waals surface area contributed by atoms with Crippen LogP contribution in [0.5, 0.6) is 5.75 Å². The normalized spacial score (nSPS) is 14.7. The molecule has 1 fully saturated rings. The van der Waals surface area contributed by atoms with Crippen molar-refractivity contribution in [2.45, 2.75) is 6.61 Å². The Morgan fingerprint density at radius 1 is 0.968 bits per heavy atom. The Kier molecular flexibility index (Phi) is 6.45. The monoisotopic (exact) mass is 446 g/mol. The summed E-state index contributed by atoms with van der Waals surface area (Å²) in [4.78, 5) is 25.5. The lowest BCUT2D eigenvalue weighted by molar-refractivity contribution is -0.123. The Labute approximate surface area is 189 Å². The first-order valence-corrected chi connectivity index (χ1v) is 10.7. The number of thiocarbonyl (C=S) groups is 1. The van der Waals surface area contributed by atoms with Crippen LogP contribution in [-0.2, 0) is 11.4 Å². The van der Waals surface area contributed by atoms with Gasteiger partial charge in [-0.05, 0) is 53.7 Å². The van der Waals surface area contributed by atoms with Crippen LogP contribution in [0.15, 0.2) is 89.8 Å². The van der Waals surface area contributed by atoms with Crippen LogP contribution in [-0.4, -0.2) is 21.1 Å². The first-order chi connectivity index (χ1) is 15.1. The molecule has 1 aliphatic heterocycles. The lowest BCUT2D eigenvalue weighted by atomic mass is 10.2. The van der Waals surface area contributed by atoms with Crippen LogP contribution in [0.1, 0.15) is 21.5 Å². The molecule has 154 valence electrons. The van der Waals surface area contributed by atoms with Crippen LogP contribution in [0.4, 0.5) is 0 Å². The molecule has 3 aromatic rings. The molecule has 0 saturated carbocycles. The van der Waals surface area contributed by atoms with Crippen molar-refractivity contribution < 1.29 is 14.3 Å². The van der Waals surface area contributed by atoms with Crippen molar-refractivity contribution in [1.29, 1.82) is 0 Å². The highest BCUT2D eigenvalue weighted by atomic mass is 32.2. The predicted molar refractivity (Wildman–Crippen MR) is 126 cm³/mol. The first kappa shape index (κ1) is 20.8. The molecule has 31 heavy (non-hydrogen) atoms. The van der Waals surface area contributed by atoms with Gasteiger partial charge in [0.1, 0.15) is 12.4 Å². The second-order valence-corrected chi connectivity index (χ2v) is 8.34. The van der Waals surface area contributed by atoms with Gasteiger partial charge >= 0.3 is 0 Å². The number of ether oxygens (including phenoxy) is 1. The molecule has 0 unspecified atom stereocenters. The van der Waals surface area contributed by atoms with E-state index in [0.717, 1.165) is 33.6 Å². The molecule has 1 heterocycles. The Morgan fingerprint density at radius 2 is 1.61 bits per heavy atom. The molecule has 0 bridgehead atoms. The van der Waals surface area contributed by atoms with E-state index in [-0.39, 0.29) is 10.2 Å². The lowest BCUT2D eigenvalue weighted by Gasteiger charge is -2.15. The van der Waals surface area contributed by atoms with E-state index in [2.05, 4.69) is 5.43 Å². The maximum atomic E-state index is 12.7. The van der Waals surface area contributed by atoms with Gasteiger partial charge in [-0.3, -0.25) is 15.0 Å². The molecular weight excluding hydrogens is 428 g/mol. The zero-order chi connectivity index (χ0) is 21.6. The van der Waals surface area contributed by atoms with Crippen molar-refractivity contribution in [2.24, 2.45) is 0 Å². The van der Waals surface area contributed by atoms with Crippen LogP contribution in [0.2, 0.25) is 0 Å². The summed E-state index contributed by atoms with van der Waals surface area (Å²) in [6.45, 7) is 0.486. The minimum Gasteiger partial charge on any atom is -0.489 e. The van der Waals surface area contributed by atoms with Crippen molar-refractivity contribution in [3.8, 4) is 5.75 Å². The summed E-state index contributed by atoms with van der Waals surface area (Å²) in [5, 5.41) is 1.11. The summed E-state index contributed by atoms with van der Waals surface area (Å²) in [6.07, 6.45) is 1.74. The van der Waals surface area contributed by atoms with Gasteiger partial charge in [-0.1, -0.05) is 72.4 Å². The van der Waals surface area contributed by atoms with Crippen molar-refractivity contribution >= 4 is 46.2 Å². The van der Waals surface area contributed by atoms with Crippen LogP contribution < -0.4 is 10.2 Å². The zero-order valence-electron chi connectivity index (χ0n) is 16.4. The fraction of sp³-hybridized carbons (Fsp3) is 0.0417. The molecule has 7 heteroatoms. The van der Waals surface area contributed by atoms with E-state index in [0.29, 0.717) is 17.1 Å². The molecule has 3 aromatic carbocycles. The molecule has 2 amide bonds. The fourth-order valence-corrected chi connectivity index (χ4v) is 4.05. The highest BCUT2D eigenvalue weighted by Gasteiger charge is 2.33. The van der Waals surface area contributed by atoms with Gasteiger partial charge in [0, 0.05) is 5.56 Å². The van der Waals surface area contributed by atoms with Gasteiger partial charge in [0.05, 0.1) is 4.91 Å². The molecule has 1 saturated heterocycles. The highest BCUT2D eigenvalue weighted by Crippen LogP contribution is 2.31. The molecule has 0 aliphatic carbocycles. The average Bonchev–Trinajstić information content (AvgIpc) is 3.07. The van der Waals surface area contributed by atoms with Crippen molar-refractivity contribution in [3.63, 3.8) is 0 Å². The molecule has 5 nitrogen and oxygen atoms in total. The smallest absolute Gasteiger partial charge is 0.285 e. The first-order valence-electron chi connectivity index (χ1n) is 9.51. The lowest BCUT2D eigenvalue weighted by Crippen LogP contribution is -2.44. The van der Waals surface area contributed by atoms with E-state index in [1.807, 2.05) is 60.7 Å². The summed E-state index contributed by atoms with van der Waals surface area (Å²) in [5.74, 6) is -0.00886. The molecular formula is C24H18N2O3S2. The van der Waals surface area contributed by atoms with Gasteiger partial charge in [-0.15, -0.1) is 0 Å². The summed E-state index contributed by atoms with van der Waals surface area (Å²) in [6, 6.07) is 26.0. The number of benzene rings is 3. The number of thioether (sulfide) groups is 1. The standard InChI is InChI=1S/C24H18N2O3S2/c27-22(19-9-5-2-6-10-19)25-26-23(28)21(31-24(26)30)15-17-11-13-20(14-12-17)29-16-18-7-3-1-4-8-18/h1-15H,16H2,(H,25,27)/b21-15-. The van der Waals surface area contributed by atoms with Gasteiger partial charge in [0.25, 0.3) is 11.8 Å². The summed E-state index contributed by atoms with van der Waals surface area (Å²) in [5.41, 5.74) is 4.95. The van der Waals surface area contributed by atoms with E-state index in [4.69, 9.17) is 17.0 Å². The molecule has 0 atom stereocenters. The maximum absolute atomic E-state index is 12.7. The molecule has 0 aromatic heterocycles. The Bertz CT molecular complexity index is 1130. The minimum atomic E-state index is -0.391. The minimum absolute atomic E-state index is 0.281. The number of hydrogen-bond donors (Lipinski definition) is 1. The summed E-state index contributed by atoms with van der Waals surface area (Å²) in [7, 11) is 0. The maximum Gasteiger partial charge on any atom is 0.285 e. The summed E-state index contributed by atoms with van der Waals surface area (Å²) < 4.78 is 6.07. The molecule has 0 radical (unpaired) electrons. The van der Waals surface area contributed by atoms with E-state index < -0.39 is 5.91 Å². The van der Waals surface area contributed by atoms with E-state index in [1.165, 1.54) is 0 Å². The Hall–Kier alpha value is -3.42. The number of nitrogens with zero attached hydrogens (tertiary/aromatic N) is 1. The summed E-state index contributed by atoms with van der Waals surface area (Å²) >= 11 is 6.42. The van der Waals surface area contributed by atoms with Crippen molar-refractivity contribution in [2.75, 3.05) is 0 Å². The quantitative estimate of drug-likeness (QED) is 0.435. The van der Waals surface area contributed by atoms with Gasteiger partial charge in [0.2, 0.25) is 0 Å². The number of carbonyl (C=O) groups is 2. The van der Waals surface area contributed by atoms with Gasteiger partial charge < -0.3 is 4.74 Å². The zero-order valence-corrected chi connectivity index (χ0v) is 18.0. The third-order valence-electron chi connectivity index (χ3n) is 4.47. The highest BCUT2D eigenvalue weighted by molar-refractivity contribution is 8.26. The second kappa shape index (κ2) is 9.59. The van der Waals surface area contributed by atoms with Crippen LogP contribution in [0, 0.1) is 0 Å². The van der Waals surface area contributed by atoms with E-state index >= 15 is 0 Å². The average molecular weight is 447 g/mol. The van der Waals surface area contributed by atoms with Crippen LogP contribution in [0.3, 0.4) is 0 Å². The van der Waals surface area contributed by atoms with Gasteiger partial charge in [-0.25, -0.2) is 0 Å². The van der Waals surface area contributed by atoms with Crippen LogP contribution >= 0.6 is 24.0 Å². The molecule has 1 N–H and O–H groups in total. The number of hydrazine groups is 1. The Morgan fingerprint density at radius 3 is 2.29 bits per heavy atom. The fourth-order valence-electron chi connectivity index (χ4n) is 2.87. The van der Waals surface area contributed by atoms with Gasteiger partial charge in [0.15, 0.2) is 4.32 Å². The number of amides is 2. The Balaban J connectivity index is 1.40. The number of rotatable bonds is 6. The third-order valence-corrected chi connectivity index (χ3v) is 5.77. The largest absolute Gasteiger partial charge is 0.489 e. The number of carbonyl (C=O) groups excluding carboxylic acids is 2. The van der Waals surface area contributed by atoms with Crippen molar-refractivity contribution in [1.82, 2.24) is 10.4 Å². The van der Waals surface area contributed by atoms with Crippen molar-refractivity contribution in [3.05, 3.63) is 107 Å². The van der Waals surface area contributed by atoms with Crippen LogP contribution in [0.25, 0.3) is 6.08 Å². The second-order valence-electron chi connectivity index (χ2n) is 6.67. The molecule has 4 rings (SSSR count). The third kappa shape index (κ3) is 5.20. The topological polar surface area (TPSA) is 58.6 Å². The van der Waals surface area contributed by atoms with Gasteiger partial charge in [-0.2, -0.15) is 5.01 Å². The van der Waals surface area contributed by atoms with E-state index in [1.54, 1.807) is 30.3 Å².